The maximum atomic E-state index is 11.9. The van der Waals surface area contributed by atoms with Gasteiger partial charge in [0, 0.05) is 22.0 Å². The number of nitrogens with one attached hydrogen (secondary N) is 1. The topological polar surface area (TPSA) is 67.2 Å². The Kier molecular flexibility index (Phi) is 6.60. The first-order valence-electron chi connectivity index (χ1n) is 7.09. The quantitative estimate of drug-likeness (QED) is 0.366. The molecule has 0 atom stereocenters. The van der Waals surface area contributed by atoms with Gasteiger partial charge in [0.05, 0.1) is 16.5 Å². The van der Waals surface area contributed by atoms with Crippen LogP contribution in [0, 0.1) is 13.8 Å². The molecule has 5 nitrogen and oxygen atoms in total. The molecule has 2 aromatic rings. The van der Waals surface area contributed by atoms with Crippen molar-refractivity contribution in [3.05, 3.63) is 51.3 Å². The van der Waals surface area contributed by atoms with Crippen molar-refractivity contribution in [2.45, 2.75) is 25.9 Å². The standard InChI is InChI=1S/C16H16Cl2N4OS/c1-9-6-10(2)20-16(19-9)24-8-15(23)22-21-11(3)13-5-4-12(17)7-14(13)18/h4-7H,8H2,1-3H3,(H,22,23)/b21-11+. The van der Waals surface area contributed by atoms with E-state index in [1.54, 1.807) is 25.1 Å². The second-order valence-corrected chi connectivity index (χ2v) is 6.86. The number of hydrazone groups is 1. The van der Waals surface area contributed by atoms with E-state index in [0.717, 1.165) is 11.4 Å². The molecule has 1 N–H and O–H groups in total. The molecule has 0 radical (unpaired) electrons. The predicted molar refractivity (Wildman–Crippen MR) is 99.0 cm³/mol. The number of hydrogen-bond donors (Lipinski definition) is 1. The number of aromatic nitrogens is 2. The van der Waals surface area contributed by atoms with Crippen molar-refractivity contribution in [3.8, 4) is 0 Å². The lowest BCUT2D eigenvalue weighted by molar-refractivity contribution is -0.118. The molecular weight excluding hydrogens is 367 g/mol. The van der Waals surface area contributed by atoms with Gasteiger partial charge in [-0.25, -0.2) is 15.4 Å². The number of benzene rings is 1. The highest BCUT2D eigenvalue weighted by atomic mass is 35.5. The molecule has 8 heteroatoms. The van der Waals surface area contributed by atoms with Gasteiger partial charge >= 0.3 is 0 Å². The van der Waals surface area contributed by atoms with Gasteiger partial charge in [0.15, 0.2) is 5.16 Å². The Morgan fingerprint density at radius 1 is 1.21 bits per heavy atom. The van der Waals surface area contributed by atoms with Crippen LogP contribution in [0.2, 0.25) is 10.0 Å². The van der Waals surface area contributed by atoms with E-state index < -0.39 is 0 Å². The van der Waals surface area contributed by atoms with Crippen molar-refractivity contribution in [1.82, 2.24) is 15.4 Å². The summed E-state index contributed by atoms with van der Waals surface area (Å²) in [5.41, 5.74) is 5.56. The van der Waals surface area contributed by atoms with Crippen molar-refractivity contribution in [2.24, 2.45) is 5.10 Å². The summed E-state index contributed by atoms with van der Waals surface area (Å²) in [6, 6.07) is 6.99. The third kappa shape index (κ3) is 5.47. The lowest BCUT2D eigenvalue weighted by Gasteiger charge is -2.05. The molecule has 1 heterocycles. The molecule has 1 amide bonds. The monoisotopic (exact) mass is 382 g/mol. The number of amides is 1. The van der Waals surface area contributed by atoms with Crippen LogP contribution in [0.3, 0.4) is 0 Å². The van der Waals surface area contributed by atoms with Crippen LogP contribution in [-0.2, 0) is 4.79 Å². The maximum absolute atomic E-state index is 11.9. The second kappa shape index (κ2) is 8.46. The molecule has 1 aromatic heterocycles. The molecule has 1 aromatic carbocycles. The van der Waals surface area contributed by atoms with Gasteiger partial charge in [0.1, 0.15) is 0 Å². The van der Waals surface area contributed by atoms with Crippen LogP contribution in [0.25, 0.3) is 0 Å². The number of aryl methyl sites for hydroxylation is 2. The van der Waals surface area contributed by atoms with Gasteiger partial charge in [0.2, 0.25) is 0 Å². The highest BCUT2D eigenvalue weighted by Crippen LogP contribution is 2.21. The van der Waals surface area contributed by atoms with Crippen molar-refractivity contribution < 1.29 is 4.79 Å². The molecule has 0 fully saturated rings. The van der Waals surface area contributed by atoms with Gasteiger partial charge < -0.3 is 0 Å². The summed E-state index contributed by atoms with van der Waals surface area (Å²) >= 11 is 13.2. The van der Waals surface area contributed by atoms with Gasteiger partial charge in [-0.15, -0.1) is 0 Å². The third-order valence-corrected chi connectivity index (χ3v) is 4.36. The van der Waals surface area contributed by atoms with E-state index in [4.69, 9.17) is 23.2 Å². The van der Waals surface area contributed by atoms with E-state index in [1.807, 2.05) is 19.9 Å². The number of halogens is 2. The molecule has 0 aliphatic rings. The second-order valence-electron chi connectivity index (χ2n) is 5.08. The van der Waals surface area contributed by atoms with Crippen molar-refractivity contribution >= 4 is 46.6 Å². The number of hydrogen-bond acceptors (Lipinski definition) is 5. The minimum Gasteiger partial charge on any atom is -0.272 e. The van der Waals surface area contributed by atoms with E-state index in [9.17, 15) is 4.79 Å². The summed E-state index contributed by atoms with van der Waals surface area (Å²) in [6.45, 7) is 5.54. The van der Waals surface area contributed by atoms with E-state index >= 15 is 0 Å². The molecule has 126 valence electrons. The van der Waals surface area contributed by atoms with Crippen LogP contribution in [0.15, 0.2) is 34.5 Å². The zero-order valence-corrected chi connectivity index (χ0v) is 15.8. The van der Waals surface area contributed by atoms with Gasteiger partial charge in [-0.2, -0.15) is 5.10 Å². The Bertz CT molecular complexity index is 775. The average Bonchev–Trinajstić information content (AvgIpc) is 2.49. The first kappa shape index (κ1) is 18.7. The lowest BCUT2D eigenvalue weighted by atomic mass is 10.1. The Labute approximate surface area is 154 Å². The Morgan fingerprint density at radius 3 is 2.50 bits per heavy atom. The SMILES string of the molecule is C/C(=N\NC(=O)CSc1nc(C)cc(C)n1)c1ccc(Cl)cc1Cl. The largest absolute Gasteiger partial charge is 0.272 e. The van der Waals surface area contributed by atoms with E-state index in [-0.39, 0.29) is 11.7 Å². The average molecular weight is 383 g/mol. The van der Waals surface area contributed by atoms with Crippen LogP contribution in [0.5, 0.6) is 0 Å². The molecule has 0 saturated carbocycles. The van der Waals surface area contributed by atoms with Gasteiger partial charge in [0.25, 0.3) is 5.91 Å². The van der Waals surface area contributed by atoms with Crippen LogP contribution < -0.4 is 5.43 Å². The first-order valence-corrected chi connectivity index (χ1v) is 8.83. The Morgan fingerprint density at radius 2 is 1.88 bits per heavy atom. The molecular formula is C16H16Cl2N4OS. The summed E-state index contributed by atoms with van der Waals surface area (Å²) in [7, 11) is 0. The van der Waals surface area contributed by atoms with Crippen molar-refractivity contribution in [1.29, 1.82) is 0 Å². The summed E-state index contributed by atoms with van der Waals surface area (Å²) in [5.74, 6) is -0.0687. The number of thioether (sulfide) groups is 1. The fourth-order valence-electron chi connectivity index (χ4n) is 1.91. The minimum absolute atomic E-state index is 0.175. The molecule has 24 heavy (non-hydrogen) atoms. The molecule has 0 unspecified atom stereocenters. The fourth-order valence-corrected chi connectivity index (χ4v) is 3.20. The van der Waals surface area contributed by atoms with Crippen LogP contribution in [-0.4, -0.2) is 27.3 Å². The summed E-state index contributed by atoms with van der Waals surface area (Å²) in [6.07, 6.45) is 0. The number of nitrogens with zero attached hydrogens (tertiary/aromatic N) is 3. The zero-order valence-electron chi connectivity index (χ0n) is 13.4. The van der Waals surface area contributed by atoms with Gasteiger partial charge in [-0.05, 0) is 39.0 Å². The third-order valence-electron chi connectivity index (χ3n) is 2.96. The number of rotatable bonds is 5. The van der Waals surface area contributed by atoms with Gasteiger partial charge in [-0.3, -0.25) is 4.79 Å². The number of carbonyl (C=O) groups is 1. The van der Waals surface area contributed by atoms with E-state index in [0.29, 0.717) is 26.5 Å². The molecule has 0 spiro atoms. The first-order chi connectivity index (χ1) is 11.3. The molecule has 0 aliphatic heterocycles. The van der Waals surface area contributed by atoms with Crippen LogP contribution >= 0.6 is 35.0 Å². The Balaban J connectivity index is 1.94. The Hall–Kier alpha value is -1.63. The molecule has 0 bridgehead atoms. The highest BCUT2D eigenvalue weighted by Gasteiger charge is 2.08. The fraction of sp³-hybridized carbons (Fsp3) is 0.250. The molecule has 0 saturated heterocycles. The lowest BCUT2D eigenvalue weighted by Crippen LogP contribution is -2.21. The smallest absolute Gasteiger partial charge is 0.250 e. The zero-order chi connectivity index (χ0) is 17.7. The highest BCUT2D eigenvalue weighted by molar-refractivity contribution is 7.99. The van der Waals surface area contributed by atoms with Crippen LogP contribution in [0.1, 0.15) is 23.9 Å². The maximum Gasteiger partial charge on any atom is 0.250 e. The predicted octanol–water partition coefficient (Wildman–Crippen LogP) is 4.03. The molecule has 2 rings (SSSR count). The summed E-state index contributed by atoms with van der Waals surface area (Å²) in [4.78, 5) is 20.5. The van der Waals surface area contributed by atoms with E-state index in [1.165, 1.54) is 11.8 Å². The van der Waals surface area contributed by atoms with Gasteiger partial charge in [-0.1, -0.05) is 41.0 Å². The summed E-state index contributed by atoms with van der Waals surface area (Å²) in [5, 5.41) is 5.67. The van der Waals surface area contributed by atoms with Crippen molar-refractivity contribution in [3.63, 3.8) is 0 Å². The molecule has 0 aliphatic carbocycles. The van der Waals surface area contributed by atoms with Crippen LogP contribution in [0.4, 0.5) is 0 Å². The minimum atomic E-state index is -0.243. The number of carbonyl (C=O) groups excluding carboxylic acids is 1. The van der Waals surface area contributed by atoms with E-state index in [2.05, 4.69) is 20.5 Å². The summed E-state index contributed by atoms with van der Waals surface area (Å²) < 4.78 is 0. The normalized spacial score (nSPS) is 11.5. The van der Waals surface area contributed by atoms with Crippen molar-refractivity contribution in [2.75, 3.05) is 5.75 Å².